The van der Waals surface area contributed by atoms with Crippen LogP contribution in [0.25, 0.3) is 0 Å². The largest absolute Gasteiger partial charge is 0.338 e. The zero-order valence-corrected chi connectivity index (χ0v) is 12.8. The van der Waals surface area contributed by atoms with Crippen LogP contribution in [0.3, 0.4) is 0 Å². The van der Waals surface area contributed by atoms with Gasteiger partial charge in [0.25, 0.3) is 5.91 Å². The third kappa shape index (κ3) is 2.82. The van der Waals surface area contributed by atoms with Crippen molar-refractivity contribution in [3.8, 4) is 0 Å². The summed E-state index contributed by atoms with van der Waals surface area (Å²) in [6.07, 6.45) is 1.90. The van der Waals surface area contributed by atoms with Crippen LogP contribution in [0.1, 0.15) is 30.1 Å². The predicted molar refractivity (Wildman–Crippen MR) is 76.9 cm³/mol. The van der Waals surface area contributed by atoms with Crippen molar-refractivity contribution < 1.29 is 4.79 Å². The van der Waals surface area contributed by atoms with Crippen molar-refractivity contribution in [2.45, 2.75) is 25.3 Å². The van der Waals surface area contributed by atoms with Crippen LogP contribution in [-0.2, 0) is 0 Å². The number of rotatable bonds is 2. The number of piperidine rings is 1. The third-order valence-corrected chi connectivity index (χ3v) is 5.13. The topological polar surface area (TPSA) is 32.3 Å². The minimum Gasteiger partial charge on any atom is -0.338 e. The van der Waals surface area contributed by atoms with E-state index in [1.807, 2.05) is 11.9 Å². The average Bonchev–Trinajstić information content (AvgIpc) is 2.69. The standard InChI is InChI=1S/C12H16Cl2N2OS/c1-12(15-2)3-5-16(6-4-12)11(17)8-7-9(13)18-10(8)14/h7,15H,3-6H2,1-2H3. The van der Waals surface area contributed by atoms with Gasteiger partial charge in [-0.1, -0.05) is 23.2 Å². The number of hydrogen-bond donors (Lipinski definition) is 1. The molecule has 0 bridgehead atoms. The Balaban J connectivity index is 2.06. The minimum atomic E-state index is -0.0127. The Morgan fingerprint density at radius 2 is 2.06 bits per heavy atom. The van der Waals surface area contributed by atoms with E-state index in [2.05, 4.69) is 12.2 Å². The minimum absolute atomic E-state index is 0.0127. The first kappa shape index (κ1) is 14.1. The van der Waals surface area contributed by atoms with Gasteiger partial charge in [-0.3, -0.25) is 4.79 Å². The maximum Gasteiger partial charge on any atom is 0.256 e. The molecule has 3 nitrogen and oxygen atoms in total. The van der Waals surface area contributed by atoms with Crippen molar-refractivity contribution in [3.05, 3.63) is 20.3 Å². The van der Waals surface area contributed by atoms with E-state index in [0.717, 1.165) is 25.9 Å². The fourth-order valence-electron chi connectivity index (χ4n) is 2.11. The smallest absolute Gasteiger partial charge is 0.256 e. The fraction of sp³-hybridized carbons (Fsp3) is 0.583. The number of carbonyl (C=O) groups is 1. The van der Waals surface area contributed by atoms with Crippen LogP contribution in [0.15, 0.2) is 6.07 Å². The molecule has 0 radical (unpaired) electrons. The lowest BCUT2D eigenvalue weighted by atomic mass is 9.90. The molecule has 1 saturated heterocycles. The molecule has 0 atom stereocenters. The molecule has 18 heavy (non-hydrogen) atoms. The van der Waals surface area contributed by atoms with E-state index in [9.17, 15) is 4.79 Å². The number of likely N-dealkylation sites (tertiary alicyclic amines) is 1. The molecule has 0 aromatic carbocycles. The Morgan fingerprint density at radius 1 is 1.44 bits per heavy atom. The Bertz CT molecular complexity index is 453. The van der Waals surface area contributed by atoms with Crippen molar-refractivity contribution in [3.63, 3.8) is 0 Å². The van der Waals surface area contributed by atoms with Crippen LogP contribution in [0.5, 0.6) is 0 Å². The van der Waals surface area contributed by atoms with Gasteiger partial charge in [0.1, 0.15) is 4.34 Å². The zero-order chi connectivity index (χ0) is 13.3. The molecule has 1 aliphatic heterocycles. The molecule has 0 spiro atoms. The first-order valence-corrected chi connectivity index (χ1v) is 7.45. The highest BCUT2D eigenvalue weighted by atomic mass is 35.5. The lowest BCUT2D eigenvalue weighted by Gasteiger charge is -2.39. The monoisotopic (exact) mass is 306 g/mol. The molecule has 1 N–H and O–H groups in total. The first-order valence-electron chi connectivity index (χ1n) is 5.88. The lowest BCUT2D eigenvalue weighted by Crippen LogP contribution is -2.51. The summed E-state index contributed by atoms with van der Waals surface area (Å²) in [5.41, 5.74) is 0.659. The summed E-state index contributed by atoms with van der Waals surface area (Å²) in [4.78, 5) is 14.2. The second-order valence-corrected chi connectivity index (χ2v) is 7.13. The van der Waals surface area contributed by atoms with Crippen LogP contribution in [0, 0.1) is 0 Å². The van der Waals surface area contributed by atoms with Crippen LogP contribution >= 0.6 is 34.5 Å². The molecule has 1 fully saturated rings. The number of halogens is 2. The summed E-state index contributed by atoms with van der Waals surface area (Å²) >= 11 is 13.1. The van der Waals surface area contributed by atoms with Crippen molar-refractivity contribution >= 4 is 40.4 Å². The summed E-state index contributed by atoms with van der Waals surface area (Å²) in [5, 5.41) is 3.31. The number of thiophene rings is 1. The lowest BCUT2D eigenvalue weighted by molar-refractivity contribution is 0.0662. The SMILES string of the molecule is CNC1(C)CCN(C(=O)c2cc(Cl)sc2Cl)CC1. The van der Waals surface area contributed by atoms with E-state index in [1.165, 1.54) is 11.3 Å². The van der Waals surface area contributed by atoms with Crippen molar-refractivity contribution in [2.24, 2.45) is 0 Å². The second-order valence-electron chi connectivity index (χ2n) is 4.84. The Morgan fingerprint density at radius 3 is 2.50 bits per heavy atom. The van der Waals surface area contributed by atoms with Gasteiger partial charge in [0.2, 0.25) is 0 Å². The fourth-order valence-corrected chi connectivity index (χ4v) is 3.56. The van der Waals surface area contributed by atoms with Gasteiger partial charge in [0.05, 0.1) is 9.90 Å². The summed E-state index contributed by atoms with van der Waals surface area (Å²) in [6.45, 7) is 3.68. The number of hydrogen-bond acceptors (Lipinski definition) is 3. The molecule has 1 amide bonds. The number of amides is 1. The van der Waals surface area contributed by atoms with Crippen LogP contribution in [0.4, 0.5) is 0 Å². The Hall–Kier alpha value is -0.290. The van der Waals surface area contributed by atoms with Gasteiger partial charge < -0.3 is 10.2 Å². The normalized spacial score (nSPS) is 19.0. The van der Waals surface area contributed by atoms with Crippen LogP contribution < -0.4 is 5.32 Å². The summed E-state index contributed by atoms with van der Waals surface area (Å²) in [6, 6.07) is 1.66. The Kier molecular flexibility index (Phi) is 4.22. The van der Waals surface area contributed by atoms with Crippen molar-refractivity contribution in [2.75, 3.05) is 20.1 Å². The molecular formula is C12H16Cl2N2OS. The summed E-state index contributed by atoms with van der Waals surface area (Å²) in [7, 11) is 1.97. The van der Waals surface area contributed by atoms with Gasteiger partial charge >= 0.3 is 0 Å². The van der Waals surface area contributed by atoms with Crippen molar-refractivity contribution in [1.82, 2.24) is 10.2 Å². The maximum absolute atomic E-state index is 12.3. The molecule has 6 heteroatoms. The van der Waals surface area contributed by atoms with Gasteiger partial charge in [-0.05, 0) is 32.9 Å². The van der Waals surface area contributed by atoms with E-state index in [4.69, 9.17) is 23.2 Å². The summed E-state index contributed by atoms with van der Waals surface area (Å²) in [5.74, 6) is -0.0127. The van der Waals surface area contributed by atoms with Crippen molar-refractivity contribution in [1.29, 1.82) is 0 Å². The average molecular weight is 307 g/mol. The highest BCUT2D eigenvalue weighted by molar-refractivity contribution is 7.20. The van der Waals surface area contributed by atoms with Gasteiger partial charge in [-0.15, -0.1) is 11.3 Å². The molecule has 1 aromatic heterocycles. The molecule has 0 aliphatic carbocycles. The molecule has 100 valence electrons. The van der Waals surface area contributed by atoms with Gasteiger partial charge in [-0.2, -0.15) is 0 Å². The number of carbonyl (C=O) groups excluding carboxylic acids is 1. The maximum atomic E-state index is 12.3. The van der Waals surface area contributed by atoms with Crippen LogP contribution in [0.2, 0.25) is 8.67 Å². The third-order valence-electron chi connectivity index (χ3n) is 3.64. The van der Waals surface area contributed by atoms with Crippen LogP contribution in [-0.4, -0.2) is 36.5 Å². The van der Waals surface area contributed by atoms with Gasteiger partial charge in [0, 0.05) is 18.6 Å². The van der Waals surface area contributed by atoms with E-state index < -0.39 is 0 Å². The molecular weight excluding hydrogens is 291 g/mol. The molecule has 0 unspecified atom stereocenters. The molecule has 2 heterocycles. The van der Waals surface area contributed by atoms with E-state index >= 15 is 0 Å². The molecule has 1 aliphatic rings. The van der Waals surface area contributed by atoms with Gasteiger partial charge in [-0.25, -0.2) is 0 Å². The van der Waals surface area contributed by atoms with E-state index in [-0.39, 0.29) is 11.4 Å². The first-order chi connectivity index (χ1) is 8.45. The summed E-state index contributed by atoms with van der Waals surface area (Å²) < 4.78 is 1.03. The predicted octanol–water partition coefficient (Wildman–Crippen LogP) is 3.27. The zero-order valence-electron chi connectivity index (χ0n) is 10.4. The highest BCUT2D eigenvalue weighted by Crippen LogP contribution is 2.33. The van der Waals surface area contributed by atoms with E-state index in [1.54, 1.807) is 6.07 Å². The highest BCUT2D eigenvalue weighted by Gasteiger charge is 2.31. The molecule has 0 saturated carbocycles. The molecule has 1 aromatic rings. The quantitative estimate of drug-likeness (QED) is 0.909. The molecule has 2 rings (SSSR count). The number of nitrogens with one attached hydrogen (secondary N) is 1. The number of nitrogens with zero attached hydrogens (tertiary/aromatic N) is 1. The second kappa shape index (κ2) is 5.37. The van der Waals surface area contributed by atoms with E-state index in [0.29, 0.717) is 14.2 Å². The van der Waals surface area contributed by atoms with Gasteiger partial charge in [0.15, 0.2) is 0 Å². The Labute approximate surface area is 121 Å².